The number of benzene rings is 1. The lowest BCUT2D eigenvalue weighted by Crippen LogP contribution is -2.29. The summed E-state index contributed by atoms with van der Waals surface area (Å²) < 4.78 is 1.55. The first-order chi connectivity index (χ1) is 10.2. The summed E-state index contributed by atoms with van der Waals surface area (Å²) in [6.07, 6.45) is 3.33. The van der Waals surface area contributed by atoms with E-state index in [2.05, 4.69) is 10.3 Å². The summed E-state index contributed by atoms with van der Waals surface area (Å²) in [7, 11) is 0. The molecule has 21 heavy (non-hydrogen) atoms. The SMILES string of the molecule is CSc1cccc(NC(=O)c2cnc3n(c2=O)CCS3)c1. The Labute approximate surface area is 130 Å². The van der Waals surface area contributed by atoms with Gasteiger partial charge in [-0.3, -0.25) is 14.2 Å². The zero-order valence-corrected chi connectivity index (χ0v) is 13.0. The number of thioether (sulfide) groups is 2. The molecular weight excluding hydrogens is 306 g/mol. The molecule has 0 saturated carbocycles. The van der Waals surface area contributed by atoms with Crippen LogP contribution in [-0.4, -0.2) is 27.5 Å². The molecule has 7 heteroatoms. The zero-order chi connectivity index (χ0) is 14.8. The first-order valence-corrected chi connectivity index (χ1v) is 8.58. The van der Waals surface area contributed by atoms with E-state index < -0.39 is 5.91 Å². The number of hydrogen-bond donors (Lipinski definition) is 1. The van der Waals surface area contributed by atoms with Gasteiger partial charge in [0.2, 0.25) is 0 Å². The highest BCUT2D eigenvalue weighted by Crippen LogP contribution is 2.21. The van der Waals surface area contributed by atoms with Crippen molar-refractivity contribution in [3.63, 3.8) is 0 Å². The van der Waals surface area contributed by atoms with Crippen LogP contribution in [-0.2, 0) is 6.54 Å². The molecule has 0 saturated heterocycles. The molecule has 1 aromatic carbocycles. The number of amides is 1. The summed E-state index contributed by atoms with van der Waals surface area (Å²) in [6, 6.07) is 7.50. The molecule has 1 N–H and O–H groups in total. The Hall–Kier alpha value is -1.73. The van der Waals surface area contributed by atoms with E-state index in [0.29, 0.717) is 17.4 Å². The van der Waals surface area contributed by atoms with Gasteiger partial charge < -0.3 is 5.32 Å². The van der Waals surface area contributed by atoms with Crippen LogP contribution in [0.5, 0.6) is 0 Å². The lowest BCUT2D eigenvalue weighted by Gasteiger charge is -2.07. The summed E-state index contributed by atoms with van der Waals surface area (Å²) in [6.45, 7) is 0.606. The quantitative estimate of drug-likeness (QED) is 0.695. The van der Waals surface area contributed by atoms with Crippen LogP contribution in [0.15, 0.2) is 45.3 Å². The topological polar surface area (TPSA) is 64.0 Å². The van der Waals surface area contributed by atoms with Gasteiger partial charge in [0.15, 0.2) is 5.16 Å². The number of nitrogens with zero attached hydrogens (tertiary/aromatic N) is 2. The van der Waals surface area contributed by atoms with E-state index in [0.717, 1.165) is 10.6 Å². The molecule has 2 aromatic rings. The van der Waals surface area contributed by atoms with Gasteiger partial charge >= 0.3 is 0 Å². The largest absolute Gasteiger partial charge is 0.322 e. The highest BCUT2D eigenvalue weighted by atomic mass is 32.2. The molecule has 1 amide bonds. The Bertz CT molecular complexity index is 758. The minimum atomic E-state index is -0.419. The average molecular weight is 319 g/mol. The maximum Gasteiger partial charge on any atom is 0.267 e. The number of anilines is 1. The van der Waals surface area contributed by atoms with Crippen molar-refractivity contribution in [2.75, 3.05) is 17.3 Å². The van der Waals surface area contributed by atoms with E-state index >= 15 is 0 Å². The molecule has 0 radical (unpaired) electrons. The third kappa shape index (κ3) is 2.84. The van der Waals surface area contributed by atoms with E-state index in [-0.39, 0.29) is 11.1 Å². The molecule has 0 bridgehead atoms. The standard InChI is InChI=1S/C14H13N3O2S2/c1-20-10-4-2-3-9(7-10)16-12(18)11-8-15-14-17(13(11)19)5-6-21-14/h2-4,7-8H,5-6H2,1H3,(H,16,18). The molecule has 0 aliphatic carbocycles. The van der Waals surface area contributed by atoms with E-state index in [1.807, 2.05) is 24.5 Å². The van der Waals surface area contributed by atoms with Gasteiger partial charge in [-0.05, 0) is 24.5 Å². The number of nitrogens with one attached hydrogen (secondary N) is 1. The molecule has 3 rings (SSSR count). The molecule has 0 spiro atoms. The third-order valence-electron chi connectivity index (χ3n) is 3.13. The summed E-state index contributed by atoms with van der Waals surface area (Å²) in [5, 5.41) is 3.43. The van der Waals surface area contributed by atoms with Crippen molar-refractivity contribution < 1.29 is 4.79 Å². The summed E-state index contributed by atoms with van der Waals surface area (Å²) in [5.41, 5.74) is 0.477. The number of fused-ring (bicyclic) bond motifs is 1. The number of hydrogen-bond acceptors (Lipinski definition) is 5. The van der Waals surface area contributed by atoms with Gasteiger partial charge in [0.1, 0.15) is 5.56 Å². The fraction of sp³-hybridized carbons (Fsp3) is 0.214. The van der Waals surface area contributed by atoms with Gasteiger partial charge in [-0.1, -0.05) is 17.8 Å². The first kappa shape index (κ1) is 14.2. The second kappa shape index (κ2) is 5.95. The van der Waals surface area contributed by atoms with E-state index in [1.165, 1.54) is 18.0 Å². The van der Waals surface area contributed by atoms with Crippen LogP contribution in [0.2, 0.25) is 0 Å². The first-order valence-electron chi connectivity index (χ1n) is 6.37. The maximum absolute atomic E-state index is 12.3. The van der Waals surface area contributed by atoms with Crippen molar-refractivity contribution in [3.8, 4) is 0 Å². The molecular formula is C14H13N3O2S2. The Kier molecular flexibility index (Phi) is 4.03. The van der Waals surface area contributed by atoms with Gasteiger partial charge in [0.25, 0.3) is 11.5 Å². The van der Waals surface area contributed by atoms with E-state index in [9.17, 15) is 9.59 Å². The van der Waals surface area contributed by atoms with Crippen molar-refractivity contribution in [1.29, 1.82) is 0 Å². The molecule has 1 aromatic heterocycles. The van der Waals surface area contributed by atoms with Crippen LogP contribution in [0, 0.1) is 0 Å². The van der Waals surface area contributed by atoms with Gasteiger partial charge in [-0.2, -0.15) is 0 Å². The lowest BCUT2D eigenvalue weighted by atomic mass is 10.2. The van der Waals surface area contributed by atoms with Crippen molar-refractivity contribution in [3.05, 3.63) is 46.4 Å². The molecule has 108 valence electrons. The van der Waals surface area contributed by atoms with Crippen LogP contribution >= 0.6 is 23.5 Å². The van der Waals surface area contributed by atoms with Crippen LogP contribution in [0.3, 0.4) is 0 Å². The Morgan fingerprint density at radius 3 is 3.14 bits per heavy atom. The normalized spacial score (nSPS) is 13.0. The Morgan fingerprint density at radius 2 is 2.33 bits per heavy atom. The zero-order valence-electron chi connectivity index (χ0n) is 11.3. The predicted octanol–water partition coefficient (Wildman–Crippen LogP) is 2.32. The average Bonchev–Trinajstić information content (AvgIpc) is 2.97. The molecule has 0 atom stereocenters. The van der Waals surface area contributed by atoms with E-state index in [1.54, 1.807) is 22.4 Å². The fourth-order valence-electron chi connectivity index (χ4n) is 2.07. The lowest BCUT2D eigenvalue weighted by molar-refractivity contribution is 0.102. The molecule has 5 nitrogen and oxygen atoms in total. The van der Waals surface area contributed by atoms with Crippen LogP contribution in [0.1, 0.15) is 10.4 Å². The molecule has 0 unspecified atom stereocenters. The highest BCUT2D eigenvalue weighted by molar-refractivity contribution is 7.99. The summed E-state index contributed by atoms with van der Waals surface area (Å²) in [5.74, 6) is 0.404. The van der Waals surface area contributed by atoms with Crippen LogP contribution in [0.4, 0.5) is 5.69 Å². The number of carbonyl (C=O) groups excluding carboxylic acids is 1. The minimum absolute atomic E-state index is 0.0794. The number of rotatable bonds is 3. The molecule has 1 aliphatic rings. The van der Waals surface area contributed by atoms with Crippen LogP contribution in [0.25, 0.3) is 0 Å². The number of carbonyl (C=O) groups is 1. The second-order valence-corrected chi connectivity index (χ2v) is 6.39. The van der Waals surface area contributed by atoms with Gasteiger partial charge in [0, 0.05) is 29.1 Å². The molecule has 2 heterocycles. The minimum Gasteiger partial charge on any atom is -0.322 e. The van der Waals surface area contributed by atoms with Gasteiger partial charge in [0.05, 0.1) is 0 Å². The fourth-order valence-corrected chi connectivity index (χ4v) is 3.45. The predicted molar refractivity (Wildman–Crippen MR) is 85.4 cm³/mol. The molecule has 0 fully saturated rings. The van der Waals surface area contributed by atoms with Gasteiger partial charge in [-0.25, -0.2) is 4.98 Å². The van der Waals surface area contributed by atoms with Crippen molar-refractivity contribution in [1.82, 2.24) is 9.55 Å². The maximum atomic E-state index is 12.3. The highest BCUT2D eigenvalue weighted by Gasteiger charge is 2.20. The smallest absolute Gasteiger partial charge is 0.267 e. The van der Waals surface area contributed by atoms with Gasteiger partial charge in [-0.15, -0.1) is 11.8 Å². The van der Waals surface area contributed by atoms with Crippen molar-refractivity contribution in [2.24, 2.45) is 0 Å². The Morgan fingerprint density at radius 1 is 1.48 bits per heavy atom. The van der Waals surface area contributed by atoms with Crippen LogP contribution < -0.4 is 10.9 Å². The summed E-state index contributed by atoms with van der Waals surface area (Å²) >= 11 is 3.12. The third-order valence-corrected chi connectivity index (χ3v) is 4.82. The van der Waals surface area contributed by atoms with E-state index in [4.69, 9.17) is 0 Å². The number of aromatic nitrogens is 2. The Balaban J connectivity index is 1.87. The van der Waals surface area contributed by atoms with Crippen molar-refractivity contribution >= 4 is 35.1 Å². The monoisotopic (exact) mass is 319 g/mol. The summed E-state index contributed by atoms with van der Waals surface area (Å²) in [4.78, 5) is 29.7. The molecule has 1 aliphatic heterocycles. The second-order valence-electron chi connectivity index (χ2n) is 4.45. The van der Waals surface area contributed by atoms with Crippen molar-refractivity contribution in [2.45, 2.75) is 16.6 Å².